The van der Waals surface area contributed by atoms with E-state index >= 15 is 0 Å². The first-order valence-electron chi connectivity index (χ1n) is 9.76. The van der Waals surface area contributed by atoms with Gasteiger partial charge in [-0.1, -0.05) is 0 Å². The van der Waals surface area contributed by atoms with Crippen LogP contribution in [-0.4, -0.2) is 57.9 Å². The van der Waals surface area contributed by atoms with E-state index in [0.29, 0.717) is 48.6 Å². The van der Waals surface area contributed by atoms with Gasteiger partial charge in [0.15, 0.2) is 0 Å². The van der Waals surface area contributed by atoms with E-state index in [0.717, 1.165) is 0 Å². The number of hydrogen-bond donors (Lipinski definition) is 2. The molecule has 2 heterocycles. The molecule has 1 aliphatic rings. The van der Waals surface area contributed by atoms with Crippen molar-refractivity contribution in [2.75, 3.05) is 25.5 Å². The average molecular weight is 425 g/mol. The van der Waals surface area contributed by atoms with Crippen LogP contribution < -0.4 is 10.9 Å². The Hall–Kier alpha value is -3.71. The van der Waals surface area contributed by atoms with Gasteiger partial charge in [-0.3, -0.25) is 19.5 Å². The number of ether oxygens (including phenoxy) is 1. The molecule has 31 heavy (non-hydrogen) atoms. The number of hydrogen-bond acceptors (Lipinski definition) is 7. The summed E-state index contributed by atoms with van der Waals surface area (Å²) in [4.78, 5) is 43.1. The van der Waals surface area contributed by atoms with Gasteiger partial charge < -0.3 is 14.7 Å². The fourth-order valence-electron chi connectivity index (χ4n) is 3.40. The largest absolute Gasteiger partial charge is 0.453 e. The Morgan fingerprint density at radius 1 is 1.32 bits per heavy atom. The van der Waals surface area contributed by atoms with Gasteiger partial charge in [0.25, 0.3) is 5.56 Å². The zero-order chi connectivity index (χ0) is 22.5. The van der Waals surface area contributed by atoms with Crippen LogP contribution in [0.3, 0.4) is 0 Å². The molecule has 1 saturated heterocycles. The molecule has 1 fully saturated rings. The van der Waals surface area contributed by atoms with Crippen molar-refractivity contribution in [3.8, 4) is 17.3 Å². The number of methoxy groups -OCH3 is 1. The summed E-state index contributed by atoms with van der Waals surface area (Å²) in [6, 6.07) is 7.86. The molecule has 2 aromatic rings. The summed E-state index contributed by atoms with van der Waals surface area (Å²) in [5, 5.41) is 21.3. The number of nitrogens with one attached hydrogen (secondary N) is 1. The minimum absolute atomic E-state index is 0.144. The van der Waals surface area contributed by atoms with Crippen LogP contribution in [0, 0.1) is 18.3 Å². The predicted octanol–water partition coefficient (Wildman–Crippen LogP) is 1.25. The molecule has 10 nitrogen and oxygen atoms in total. The monoisotopic (exact) mass is 425 g/mol. The molecule has 1 aromatic heterocycles. The van der Waals surface area contributed by atoms with Crippen molar-refractivity contribution in [3.05, 3.63) is 46.0 Å². The fourth-order valence-corrected chi connectivity index (χ4v) is 3.40. The maximum atomic E-state index is 12.8. The number of aryl methyl sites for hydroxylation is 1. The van der Waals surface area contributed by atoms with Crippen molar-refractivity contribution in [1.29, 1.82) is 5.26 Å². The number of anilines is 1. The van der Waals surface area contributed by atoms with E-state index < -0.39 is 17.8 Å². The molecule has 0 radical (unpaired) electrons. The van der Waals surface area contributed by atoms with Crippen LogP contribution in [0.5, 0.6) is 0 Å². The SMILES string of the molecule is COC(=O)Nc1cc(C#N)ccc1-c1cc(=O)n(CC(=O)N2CCC(O)CC2)c(C)n1. The molecule has 0 aliphatic carbocycles. The Labute approximate surface area is 178 Å². The van der Waals surface area contributed by atoms with Gasteiger partial charge in [0.05, 0.1) is 36.2 Å². The number of nitrogens with zero attached hydrogens (tertiary/aromatic N) is 4. The van der Waals surface area contributed by atoms with Crippen LogP contribution in [0.4, 0.5) is 10.5 Å². The maximum absolute atomic E-state index is 12.8. The predicted molar refractivity (Wildman–Crippen MR) is 111 cm³/mol. The van der Waals surface area contributed by atoms with Gasteiger partial charge in [-0.2, -0.15) is 5.26 Å². The second-order valence-corrected chi connectivity index (χ2v) is 7.21. The summed E-state index contributed by atoms with van der Waals surface area (Å²) in [7, 11) is 1.22. The number of amides is 2. The second kappa shape index (κ2) is 9.40. The highest BCUT2D eigenvalue weighted by Crippen LogP contribution is 2.27. The van der Waals surface area contributed by atoms with Gasteiger partial charge in [-0.05, 0) is 38.0 Å². The third-order valence-corrected chi connectivity index (χ3v) is 5.16. The van der Waals surface area contributed by atoms with Gasteiger partial charge in [0, 0.05) is 24.7 Å². The Morgan fingerprint density at radius 3 is 2.65 bits per heavy atom. The number of carbonyl (C=O) groups excluding carboxylic acids is 2. The number of nitriles is 1. The zero-order valence-corrected chi connectivity index (χ0v) is 17.3. The van der Waals surface area contributed by atoms with Crippen molar-refractivity contribution in [1.82, 2.24) is 14.5 Å². The standard InChI is InChI=1S/C21H23N5O5/c1-13-23-18(16-4-3-14(11-22)9-17(16)24-21(30)31-2)10-19(28)26(13)12-20(29)25-7-5-15(27)6-8-25/h3-4,9-10,15,27H,5-8,12H2,1-2H3,(H,24,30). The lowest BCUT2D eigenvalue weighted by molar-refractivity contribution is -0.133. The number of rotatable bonds is 4. The first kappa shape index (κ1) is 22.0. The third kappa shape index (κ3) is 5.07. The van der Waals surface area contributed by atoms with Gasteiger partial charge in [-0.15, -0.1) is 0 Å². The Kier molecular flexibility index (Phi) is 6.67. The summed E-state index contributed by atoms with van der Waals surface area (Å²) in [5.41, 5.74) is 0.910. The first-order valence-corrected chi connectivity index (χ1v) is 9.76. The Balaban J connectivity index is 1.90. The third-order valence-electron chi connectivity index (χ3n) is 5.16. The number of benzene rings is 1. The number of piperidine rings is 1. The minimum atomic E-state index is -0.723. The number of aliphatic hydroxyl groups is 1. The zero-order valence-electron chi connectivity index (χ0n) is 17.3. The number of aromatic nitrogens is 2. The van der Waals surface area contributed by atoms with Crippen molar-refractivity contribution in [2.24, 2.45) is 0 Å². The van der Waals surface area contributed by atoms with Gasteiger partial charge in [-0.25, -0.2) is 9.78 Å². The summed E-state index contributed by atoms with van der Waals surface area (Å²) in [5.74, 6) is 0.124. The normalized spacial score (nSPS) is 14.1. The lowest BCUT2D eigenvalue weighted by atomic mass is 10.1. The highest BCUT2D eigenvalue weighted by molar-refractivity contribution is 5.91. The molecule has 1 aromatic carbocycles. The molecule has 0 spiro atoms. The quantitative estimate of drug-likeness (QED) is 0.752. The number of likely N-dealkylation sites (tertiary alicyclic amines) is 1. The van der Waals surface area contributed by atoms with Gasteiger partial charge >= 0.3 is 6.09 Å². The van der Waals surface area contributed by atoms with Crippen LogP contribution in [0.25, 0.3) is 11.3 Å². The summed E-state index contributed by atoms with van der Waals surface area (Å²) in [6.45, 7) is 2.38. The highest BCUT2D eigenvalue weighted by Gasteiger charge is 2.22. The Morgan fingerprint density at radius 2 is 2.03 bits per heavy atom. The molecule has 3 rings (SSSR count). The smallest absolute Gasteiger partial charge is 0.411 e. The molecule has 162 valence electrons. The number of carbonyl (C=O) groups is 2. The van der Waals surface area contributed by atoms with Gasteiger partial charge in [0.2, 0.25) is 5.91 Å². The Bertz CT molecular complexity index is 1100. The topological polar surface area (TPSA) is 138 Å². The molecule has 10 heteroatoms. The van der Waals surface area contributed by atoms with Crippen molar-refractivity contribution in [3.63, 3.8) is 0 Å². The summed E-state index contributed by atoms with van der Waals surface area (Å²) in [6.07, 6.45) is -0.0787. The van der Waals surface area contributed by atoms with Crippen molar-refractivity contribution >= 4 is 17.7 Å². The fraction of sp³-hybridized carbons (Fsp3) is 0.381. The second-order valence-electron chi connectivity index (χ2n) is 7.21. The molecule has 2 amide bonds. The lowest BCUT2D eigenvalue weighted by Gasteiger charge is -2.30. The number of aliphatic hydroxyl groups excluding tert-OH is 1. The van der Waals surface area contributed by atoms with E-state index in [9.17, 15) is 19.5 Å². The lowest BCUT2D eigenvalue weighted by Crippen LogP contribution is -2.43. The molecule has 0 saturated carbocycles. The van der Waals surface area contributed by atoms with E-state index in [2.05, 4.69) is 15.0 Å². The first-order chi connectivity index (χ1) is 14.8. The molecule has 0 atom stereocenters. The maximum Gasteiger partial charge on any atom is 0.411 e. The molecule has 2 N–H and O–H groups in total. The molecule has 0 bridgehead atoms. The van der Waals surface area contributed by atoms with Crippen LogP contribution in [0.2, 0.25) is 0 Å². The minimum Gasteiger partial charge on any atom is -0.453 e. The van der Waals surface area contributed by atoms with Gasteiger partial charge in [0.1, 0.15) is 12.4 Å². The van der Waals surface area contributed by atoms with Crippen molar-refractivity contribution < 1.29 is 19.4 Å². The van der Waals surface area contributed by atoms with E-state index in [1.54, 1.807) is 24.0 Å². The van der Waals surface area contributed by atoms with E-state index in [1.807, 2.05) is 6.07 Å². The molecule has 1 aliphatic heterocycles. The van der Waals surface area contributed by atoms with E-state index in [-0.39, 0.29) is 18.1 Å². The highest BCUT2D eigenvalue weighted by atomic mass is 16.5. The molecular formula is C21H23N5O5. The van der Waals surface area contributed by atoms with E-state index in [1.165, 1.54) is 23.8 Å². The van der Waals surface area contributed by atoms with Crippen LogP contribution in [-0.2, 0) is 16.1 Å². The molecular weight excluding hydrogens is 402 g/mol. The van der Waals surface area contributed by atoms with Crippen LogP contribution in [0.15, 0.2) is 29.1 Å². The summed E-state index contributed by atoms with van der Waals surface area (Å²) >= 11 is 0. The average Bonchev–Trinajstić information content (AvgIpc) is 2.76. The molecule has 0 unspecified atom stereocenters. The van der Waals surface area contributed by atoms with Crippen molar-refractivity contribution in [2.45, 2.75) is 32.4 Å². The van der Waals surface area contributed by atoms with E-state index in [4.69, 9.17) is 5.26 Å². The van der Waals surface area contributed by atoms with Crippen LogP contribution >= 0.6 is 0 Å². The summed E-state index contributed by atoms with van der Waals surface area (Å²) < 4.78 is 5.90. The van der Waals surface area contributed by atoms with Crippen LogP contribution in [0.1, 0.15) is 24.2 Å².